The molecular weight excluding hydrogens is 226 g/mol. The van der Waals surface area contributed by atoms with Gasteiger partial charge in [-0.05, 0) is 25.3 Å². The van der Waals surface area contributed by atoms with Crippen LogP contribution in [0.3, 0.4) is 0 Å². The molecule has 0 aliphatic carbocycles. The Kier molecular flexibility index (Phi) is 6.65. The summed E-state index contributed by atoms with van der Waals surface area (Å²) in [7, 11) is 1.92. The summed E-state index contributed by atoms with van der Waals surface area (Å²) in [5, 5.41) is 0. The smallest absolute Gasteiger partial charge is 0.140 e. The molecule has 0 aliphatic heterocycles. The Bertz CT molecular complexity index is 354. The Morgan fingerprint density at radius 2 is 2.22 bits per heavy atom. The maximum atomic E-state index is 11.9. The normalized spacial score (nSPS) is 12.6. The van der Waals surface area contributed by atoms with Gasteiger partial charge in [-0.15, -0.1) is 0 Å². The summed E-state index contributed by atoms with van der Waals surface area (Å²) in [4.78, 5) is 16.1. The Morgan fingerprint density at radius 3 is 2.78 bits per heavy atom. The number of nitrogens with two attached hydrogens (primary N) is 1. The number of rotatable bonds is 9. The molecule has 0 bridgehead atoms. The number of aryl methyl sites for hydroxylation is 1. The predicted octanol–water partition coefficient (Wildman–Crippen LogP) is 2.08. The van der Waals surface area contributed by atoms with Crippen LogP contribution in [-0.4, -0.2) is 21.9 Å². The topological polar surface area (TPSA) is 60.9 Å². The van der Waals surface area contributed by atoms with Crippen molar-refractivity contribution in [2.24, 2.45) is 18.7 Å². The average Bonchev–Trinajstić information content (AvgIpc) is 2.73. The summed E-state index contributed by atoms with van der Waals surface area (Å²) in [6.45, 7) is 2.90. The van der Waals surface area contributed by atoms with Crippen molar-refractivity contribution < 1.29 is 4.79 Å². The molecule has 1 unspecified atom stereocenters. The van der Waals surface area contributed by atoms with Crippen LogP contribution in [0.4, 0.5) is 0 Å². The molecule has 4 heteroatoms. The second-order valence-corrected chi connectivity index (χ2v) is 4.94. The van der Waals surface area contributed by atoms with Crippen molar-refractivity contribution in [3.63, 3.8) is 0 Å². The van der Waals surface area contributed by atoms with E-state index in [4.69, 9.17) is 5.73 Å². The van der Waals surface area contributed by atoms with Gasteiger partial charge in [-0.2, -0.15) is 0 Å². The maximum Gasteiger partial charge on any atom is 0.140 e. The fourth-order valence-corrected chi connectivity index (χ4v) is 2.27. The zero-order valence-electron chi connectivity index (χ0n) is 11.6. The number of nitrogens with zero attached hydrogens (tertiary/aromatic N) is 2. The molecule has 0 aromatic carbocycles. The number of Topliss-reactive ketones (excluding diaryl/α,β-unsaturated/α-hetero) is 1. The Balaban J connectivity index is 2.33. The third-order valence-corrected chi connectivity index (χ3v) is 3.38. The van der Waals surface area contributed by atoms with Crippen molar-refractivity contribution in [1.29, 1.82) is 0 Å². The molecular formula is C14H25N3O. The van der Waals surface area contributed by atoms with Gasteiger partial charge in [-0.25, -0.2) is 4.98 Å². The summed E-state index contributed by atoms with van der Waals surface area (Å²) in [6, 6.07) is 0. The van der Waals surface area contributed by atoms with Gasteiger partial charge in [0.25, 0.3) is 0 Å². The number of ketones is 1. The van der Waals surface area contributed by atoms with E-state index in [1.165, 1.54) is 6.42 Å². The highest BCUT2D eigenvalue weighted by Gasteiger charge is 2.12. The van der Waals surface area contributed by atoms with Gasteiger partial charge >= 0.3 is 0 Å². The molecule has 2 N–H and O–H groups in total. The average molecular weight is 251 g/mol. The second-order valence-electron chi connectivity index (χ2n) is 4.94. The molecule has 0 spiro atoms. The third kappa shape index (κ3) is 5.00. The number of carbonyl (C=O) groups is 1. The fraction of sp³-hybridized carbons (Fsp3) is 0.714. The lowest BCUT2D eigenvalue weighted by Crippen LogP contribution is -2.13. The molecule has 0 radical (unpaired) electrons. The van der Waals surface area contributed by atoms with E-state index < -0.39 is 0 Å². The first kappa shape index (κ1) is 14.9. The van der Waals surface area contributed by atoms with E-state index >= 15 is 0 Å². The van der Waals surface area contributed by atoms with E-state index in [2.05, 4.69) is 11.9 Å². The minimum absolute atomic E-state index is 0.280. The van der Waals surface area contributed by atoms with Crippen molar-refractivity contribution in [3.8, 4) is 0 Å². The van der Waals surface area contributed by atoms with E-state index in [1.807, 2.05) is 17.8 Å². The van der Waals surface area contributed by atoms with Gasteiger partial charge in [0, 0.05) is 25.9 Å². The van der Waals surface area contributed by atoms with E-state index in [0.29, 0.717) is 18.8 Å². The van der Waals surface area contributed by atoms with Crippen LogP contribution in [0.15, 0.2) is 12.4 Å². The van der Waals surface area contributed by atoms with Gasteiger partial charge in [-0.3, -0.25) is 4.79 Å². The first-order valence-electron chi connectivity index (χ1n) is 6.85. The third-order valence-electron chi connectivity index (χ3n) is 3.38. The van der Waals surface area contributed by atoms with E-state index in [-0.39, 0.29) is 5.78 Å². The zero-order valence-corrected chi connectivity index (χ0v) is 11.6. The van der Waals surface area contributed by atoms with Crippen LogP contribution in [0, 0.1) is 5.92 Å². The van der Waals surface area contributed by atoms with Crippen LogP contribution in [-0.2, 0) is 18.3 Å². The van der Waals surface area contributed by atoms with Gasteiger partial charge in [0.2, 0.25) is 0 Å². The predicted molar refractivity (Wildman–Crippen MR) is 73.2 cm³/mol. The Morgan fingerprint density at radius 1 is 1.44 bits per heavy atom. The quantitative estimate of drug-likeness (QED) is 0.731. The van der Waals surface area contributed by atoms with Crippen molar-refractivity contribution >= 4 is 5.78 Å². The molecule has 1 aromatic rings. The van der Waals surface area contributed by atoms with E-state index in [0.717, 1.165) is 31.6 Å². The van der Waals surface area contributed by atoms with Crippen molar-refractivity contribution in [1.82, 2.24) is 9.55 Å². The van der Waals surface area contributed by atoms with Gasteiger partial charge in [0.1, 0.15) is 11.6 Å². The van der Waals surface area contributed by atoms with Gasteiger partial charge in [0.05, 0.1) is 6.42 Å². The molecule has 18 heavy (non-hydrogen) atoms. The largest absolute Gasteiger partial charge is 0.338 e. The molecule has 1 rings (SSSR count). The highest BCUT2D eigenvalue weighted by atomic mass is 16.1. The number of hydrogen-bond donors (Lipinski definition) is 1. The van der Waals surface area contributed by atoms with E-state index in [9.17, 15) is 4.79 Å². The molecule has 1 aromatic heterocycles. The molecule has 1 atom stereocenters. The second kappa shape index (κ2) is 8.03. The van der Waals surface area contributed by atoms with Gasteiger partial charge < -0.3 is 10.3 Å². The Labute approximate surface area is 110 Å². The molecule has 0 saturated heterocycles. The number of carbonyl (C=O) groups excluding carboxylic acids is 1. The lowest BCUT2D eigenvalue weighted by Gasteiger charge is -2.14. The van der Waals surface area contributed by atoms with Crippen LogP contribution >= 0.6 is 0 Å². The molecule has 4 nitrogen and oxygen atoms in total. The number of aromatic nitrogens is 2. The Hall–Kier alpha value is -1.16. The highest BCUT2D eigenvalue weighted by Crippen LogP contribution is 2.17. The van der Waals surface area contributed by atoms with Crippen molar-refractivity contribution in [2.45, 2.75) is 45.4 Å². The van der Waals surface area contributed by atoms with Crippen molar-refractivity contribution in [2.75, 3.05) is 6.54 Å². The van der Waals surface area contributed by atoms with Crippen LogP contribution in [0.25, 0.3) is 0 Å². The lowest BCUT2D eigenvalue weighted by atomic mass is 9.93. The summed E-state index contributed by atoms with van der Waals surface area (Å²) in [6.07, 6.45) is 9.04. The van der Waals surface area contributed by atoms with Gasteiger partial charge in [-0.1, -0.05) is 19.8 Å². The molecule has 1 heterocycles. The lowest BCUT2D eigenvalue weighted by molar-refractivity contribution is -0.118. The van der Waals surface area contributed by atoms with E-state index in [1.54, 1.807) is 6.20 Å². The van der Waals surface area contributed by atoms with Crippen LogP contribution in [0.1, 0.15) is 44.9 Å². The number of imidazole rings is 1. The standard InChI is InChI=1S/C14H25N3O/c1-3-4-12(7-8-15)5-6-13(18)11-14-16-9-10-17(14)2/h9-10,12H,3-8,11,15H2,1-2H3. The number of hydrogen-bond acceptors (Lipinski definition) is 3. The molecule has 0 saturated carbocycles. The summed E-state index contributed by atoms with van der Waals surface area (Å²) in [5.74, 6) is 1.73. The van der Waals surface area contributed by atoms with Crippen LogP contribution in [0.5, 0.6) is 0 Å². The summed E-state index contributed by atoms with van der Waals surface area (Å²) in [5.41, 5.74) is 5.60. The highest BCUT2D eigenvalue weighted by molar-refractivity contribution is 5.80. The molecule has 0 fully saturated rings. The minimum atomic E-state index is 0.280. The molecule has 0 aliphatic rings. The van der Waals surface area contributed by atoms with Crippen LogP contribution < -0.4 is 5.73 Å². The summed E-state index contributed by atoms with van der Waals surface area (Å²) >= 11 is 0. The first-order chi connectivity index (χ1) is 8.67. The monoisotopic (exact) mass is 251 g/mol. The fourth-order valence-electron chi connectivity index (χ4n) is 2.27. The minimum Gasteiger partial charge on any atom is -0.338 e. The maximum absolute atomic E-state index is 11.9. The summed E-state index contributed by atoms with van der Waals surface area (Å²) < 4.78 is 1.90. The molecule has 102 valence electrons. The van der Waals surface area contributed by atoms with Crippen LogP contribution in [0.2, 0.25) is 0 Å². The van der Waals surface area contributed by atoms with Crippen molar-refractivity contribution in [3.05, 3.63) is 18.2 Å². The SMILES string of the molecule is CCCC(CCN)CCC(=O)Cc1nccn1C. The molecule has 0 amide bonds. The first-order valence-corrected chi connectivity index (χ1v) is 6.85. The van der Waals surface area contributed by atoms with Gasteiger partial charge in [0.15, 0.2) is 0 Å². The zero-order chi connectivity index (χ0) is 13.4.